The third-order valence-corrected chi connectivity index (χ3v) is 4.17. The predicted molar refractivity (Wildman–Crippen MR) is 99.3 cm³/mol. The molecule has 4 nitrogen and oxygen atoms in total. The number of hydrogen-bond donors (Lipinski definition) is 2. The van der Waals surface area contributed by atoms with Crippen LogP contribution in [0.1, 0.15) is 5.56 Å². The second-order valence-corrected chi connectivity index (χ2v) is 5.82. The van der Waals surface area contributed by atoms with Crippen LogP contribution in [0, 0.1) is 0 Å². The molecule has 0 unspecified atom stereocenters. The number of anilines is 1. The second kappa shape index (κ2) is 6.72. The van der Waals surface area contributed by atoms with E-state index in [1.165, 1.54) is 5.56 Å². The van der Waals surface area contributed by atoms with Gasteiger partial charge in [0.05, 0.1) is 22.9 Å². The molecule has 2 heterocycles. The van der Waals surface area contributed by atoms with E-state index in [1.54, 1.807) is 0 Å². The lowest BCUT2D eigenvalue weighted by atomic mass is 10.2. The van der Waals surface area contributed by atoms with Crippen LogP contribution < -0.4 is 10.6 Å². The minimum atomic E-state index is 0.858. The number of rotatable bonds is 6. The van der Waals surface area contributed by atoms with Gasteiger partial charge in [0.2, 0.25) is 0 Å². The molecule has 0 radical (unpaired) electrons. The van der Waals surface area contributed by atoms with E-state index in [0.29, 0.717) is 0 Å². The van der Waals surface area contributed by atoms with Crippen molar-refractivity contribution in [2.75, 3.05) is 18.4 Å². The Labute approximate surface area is 141 Å². The molecule has 0 saturated carbocycles. The van der Waals surface area contributed by atoms with Crippen molar-refractivity contribution in [1.82, 2.24) is 14.7 Å². The SMILES string of the molecule is c1ccc(CNCCNc2cccc3c2ncc2cccn23)cc1. The van der Waals surface area contributed by atoms with Crippen LogP contribution in [0.2, 0.25) is 0 Å². The van der Waals surface area contributed by atoms with Crippen molar-refractivity contribution in [3.05, 3.63) is 78.6 Å². The van der Waals surface area contributed by atoms with Crippen LogP contribution in [0.4, 0.5) is 5.69 Å². The van der Waals surface area contributed by atoms with Gasteiger partial charge >= 0.3 is 0 Å². The number of benzene rings is 2. The van der Waals surface area contributed by atoms with Crippen molar-refractivity contribution >= 4 is 22.2 Å². The molecule has 2 N–H and O–H groups in total. The van der Waals surface area contributed by atoms with Gasteiger partial charge in [-0.1, -0.05) is 36.4 Å². The van der Waals surface area contributed by atoms with Crippen molar-refractivity contribution in [2.45, 2.75) is 6.54 Å². The number of fused-ring (bicyclic) bond motifs is 3. The fourth-order valence-electron chi connectivity index (χ4n) is 2.97. The molecule has 4 heteroatoms. The van der Waals surface area contributed by atoms with E-state index >= 15 is 0 Å². The van der Waals surface area contributed by atoms with Crippen LogP contribution in [-0.2, 0) is 6.54 Å². The molecule has 0 aliphatic heterocycles. The lowest BCUT2D eigenvalue weighted by Crippen LogP contribution is -2.21. The highest BCUT2D eigenvalue weighted by Crippen LogP contribution is 2.22. The quantitative estimate of drug-likeness (QED) is 0.533. The molecule has 0 bridgehead atoms. The molecule has 0 fully saturated rings. The Hall–Kier alpha value is -2.85. The molecule has 0 aliphatic rings. The second-order valence-electron chi connectivity index (χ2n) is 5.82. The van der Waals surface area contributed by atoms with Crippen molar-refractivity contribution in [3.63, 3.8) is 0 Å². The van der Waals surface area contributed by atoms with E-state index in [4.69, 9.17) is 0 Å². The van der Waals surface area contributed by atoms with Gasteiger partial charge in [-0.15, -0.1) is 0 Å². The van der Waals surface area contributed by atoms with Crippen molar-refractivity contribution in [2.24, 2.45) is 0 Å². The van der Waals surface area contributed by atoms with Gasteiger partial charge in [-0.2, -0.15) is 0 Å². The van der Waals surface area contributed by atoms with Crippen LogP contribution in [0.15, 0.2) is 73.1 Å². The van der Waals surface area contributed by atoms with Gasteiger partial charge in [0.1, 0.15) is 5.52 Å². The monoisotopic (exact) mass is 316 g/mol. The number of nitrogens with zero attached hydrogens (tertiary/aromatic N) is 2. The lowest BCUT2D eigenvalue weighted by molar-refractivity contribution is 0.707. The Morgan fingerprint density at radius 1 is 0.875 bits per heavy atom. The summed E-state index contributed by atoms with van der Waals surface area (Å²) in [7, 11) is 0. The first-order chi connectivity index (χ1) is 11.9. The summed E-state index contributed by atoms with van der Waals surface area (Å²) in [5.74, 6) is 0. The van der Waals surface area contributed by atoms with Gasteiger partial charge < -0.3 is 15.0 Å². The molecular weight excluding hydrogens is 296 g/mol. The van der Waals surface area contributed by atoms with E-state index in [0.717, 1.165) is 41.9 Å². The minimum absolute atomic E-state index is 0.858. The van der Waals surface area contributed by atoms with Crippen molar-refractivity contribution in [3.8, 4) is 0 Å². The topological polar surface area (TPSA) is 41.4 Å². The standard InChI is InChI=1S/C20H20N4/c1-2-6-16(7-3-1)14-21-11-12-22-18-9-4-10-19-20(18)23-15-17-8-5-13-24(17)19/h1-10,13,15,21-22H,11-12,14H2. The van der Waals surface area contributed by atoms with E-state index in [9.17, 15) is 0 Å². The molecule has 4 aromatic rings. The average Bonchev–Trinajstić information content (AvgIpc) is 3.11. The van der Waals surface area contributed by atoms with Crippen LogP contribution >= 0.6 is 0 Å². The van der Waals surface area contributed by atoms with Gasteiger partial charge in [0.25, 0.3) is 0 Å². The summed E-state index contributed by atoms with van der Waals surface area (Å²) in [5, 5.41) is 6.95. The molecule has 0 saturated heterocycles. The summed E-state index contributed by atoms with van der Waals surface area (Å²) >= 11 is 0. The molecule has 120 valence electrons. The molecule has 0 atom stereocenters. The van der Waals surface area contributed by atoms with E-state index < -0.39 is 0 Å². The maximum absolute atomic E-state index is 4.62. The van der Waals surface area contributed by atoms with Gasteiger partial charge in [0, 0.05) is 25.8 Å². The minimum Gasteiger partial charge on any atom is -0.382 e. The third kappa shape index (κ3) is 2.96. The fraction of sp³-hybridized carbons (Fsp3) is 0.150. The number of aromatic nitrogens is 2. The van der Waals surface area contributed by atoms with Crippen LogP contribution in [0.25, 0.3) is 16.6 Å². The molecule has 24 heavy (non-hydrogen) atoms. The molecular formula is C20H20N4. The molecule has 0 amide bonds. The van der Waals surface area contributed by atoms with Crippen molar-refractivity contribution < 1.29 is 0 Å². The van der Waals surface area contributed by atoms with Crippen LogP contribution in [0.3, 0.4) is 0 Å². The average molecular weight is 316 g/mol. The first kappa shape index (κ1) is 14.7. The van der Waals surface area contributed by atoms with Gasteiger partial charge in [0.15, 0.2) is 0 Å². The van der Waals surface area contributed by atoms with Crippen LogP contribution in [0.5, 0.6) is 0 Å². The van der Waals surface area contributed by atoms with E-state index in [-0.39, 0.29) is 0 Å². The molecule has 0 aliphatic carbocycles. The molecule has 0 spiro atoms. The Morgan fingerprint density at radius 2 is 1.79 bits per heavy atom. The summed E-state index contributed by atoms with van der Waals surface area (Å²) in [5.41, 5.74) is 5.62. The Balaban J connectivity index is 1.41. The highest BCUT2D eigenvalue weighted by molar-refractivity contribution is 5.89. The van der Waals surface area contributed by atoms with Gasteiger partial charge in [-0.05, 0) is 29.8 Å². The zero-order valence-corrected chi connectivity index (χ0v) is 13.4. The molecule has 4 rings (SSSR count). The van der Waals surface area contributed by atoms with Gasteiger partial charge in [-0.25, -0.2) is 0 Å². The smallest absolute Gasteiger partial charge is 0.110 e. The Kier molecular flexibility index (Phi) is 4.13. The zero-order valence-electron chi connectivity index (χ0n) is 13.4. The highest BCUT2D eigenvalue weighted by Gasteiger charge is 2.05. The van der Waals surface area contributed by atoms with E-state index in [2.05, 4.69) is 74.7 Å². The summed E-state index contributed by atoms with van der Waals surface area (Å²) in [4.78, 5) is 4.62. The maximum atomic E-state index is 4.62. The fourth-order valence-corrected chi connectivity index (χ4v) is 2.97. The van der Waals surface area contributed by atoms with Crippen molar-refractivity contribution in [1.29, 1.82) is 0 Å². The normalized spacial score (nSPS) is 11.2. The van der Waals surface area contributed by atoms with E-state index in [1.807, 2.05) is 18.3 Å². The zero-order chi connectivity index (χ0) is 16.2. The lowest BCUT2D eigenvalue weighted by Gasteiger charge is -2.11. The van der Waals surface area contributed by atoms with Crippen LogP contribution in [-0.4, -0.2) is 22.5 Å². The number of nitrogens with one attached hydrogen (secondary N) is 2. The largest absolute Gasteiger partial charge is 0.382 e. The predicted octanol–water partition coefficient (Wildman–Crippen LogP) is 3.69. The third-order valence-electron chi connectivity index (χ3n) is 4.17. The summed E-state index contributed by atoms with van der Waals surface area (Å²) in [6, 6.07) is 20.8. The number of hydrogen-bond acceptors (Lipinski definition) is 3. The van der Waals surface area contributed by atoms with Gasteiger partial charge in [-0.3, -0.25) is 4.98 Å². The summed E-state index contributed by atoms with van der Waals surface area (Å²) in [6.07, 6.45) is 3.99. The highest BCUT2D eigenvalue weighted by atomic mass is 15.0. The Bertz CT molecular complexity index is 944. The number of para-hydroxylation sites is 1. The Morgan fingerprint density at radius 3 is 2.71 bits per heavy atom. The molecule has 2 aromatic heterocycles. The first-order valence-electron chi connectivity index (χ1n) is 8.25. The summed E-state index contributed by atoms with van der Waals surface area (Å²) in [6.45, 7) is 2.65. The maximum Gasteiger partial charge on any atom is 0.110 e. The first-order valence-corrected chi connectivity index (χ1v) is 8.25. The molecule has 2 aromatic carbocycles. The summed E-state index contributed by atoms with van der Waals surface area (Å²) < 4.78 is 2.17.